The predicted molar refractivity (Wildman–Crippen MR) is 118 cm³/mol. The molecule has 0 amide bonds. The van der Waals surface area contributed by atoms with Crippen LogP contribution in [-0.2, 0) is 6.54 Å². The van der Waals surface area contributed by atoms with Gasteiger partial charge >= 0.3 is 0 Å². The molecule has 1 atom stereocenters. The van der Waals surface area contributed by atoms with Crippen LogP contribution in [0.5, 0.6) is 0 Å². The summed E-state index contributed by atoms with van der Waals surface area (Å²) in [6.45, 7) is 5.78. The van der Waals surface area contributed by atoms with E-state index in [4.69, 9.17) is 4.98 Å². The minimum Gasteiger partial charge on any atom is -0.382 e. The highest BCUT2D eigenvalue weighted by atomic mass is 32.1. The van der Waals surface area contributed by atoms with E-state index in [1.54, 1.807) is 17.4 Å². The number of aromatic nitrogens is 3. The molecule has 4 aromatic rings. The summed E-state index contributed by atoms with van der Waals surface area (Å²) in [5.41, 5.74) is 2.74. The molecule has 4 heterocycles. The third-order valence-electron chi connectivity index (χ3n) is 5.11. The Labute approximate surface area is 171 Å². The van der Waals surface area contributed by atoms with E-state index >= 15 is 0 Å². The number of thiophene rings is 1. The normalized spacial score (nSPS) is 16.9. The standard InChI is InChI=1S/C22H20FN5S/c1-3-4-19-25-10-14(23)21(28-19)16-6-5-13-15(27-16)7-8-17-20(13)22-18(29-17)11-24-12(2)9-26-22/h3-8,10,12,24,26H,9,11H2,1-2H3/b4-3+/t12-/m1/s1. The lowest BCUT2D eigenvalue weighted by Crippen LogP contribution is -2.29. The molecule has 5 nitrogen and oxygen atoms in total. The molecule has 0 spiro atoms. The molecule has 7 heteroatoms. The van der Waals surface area contributed by atoms with Crippen LogP contribution in [-0.4, -0.2) is 27.5 Å². The van der Waals surface area contributed by atoms with E-state index in [9.17, 15) is 4.39 Å². The van der Waals surface area contributed by atoms with Gasteiger partial charge in [0.1, 0.15) is 5.69 Å². The van der Waals surface area contributed by atoms with Gasteiger partial charge in [0.25, 0.3) is 0 Å². The zero-order valence-electron chi connectivity index (χ0n) is 16.2. The van der Waals surface area contributed by atoms with E-state index in [2.05, 4.69) is 33.6 Å². The molecule has 0 radical (unpaired) electrons. The quantitative estimate of drug-likeness (QED) is 0.492. The van der Waals surface area contributed by atoms with Crippen LogP contribution in [0.3, 0.4) is 0 Å². The average molecular weight is 406 g/mol. The van der Waals surface area contributed by atoms with E-state index in [-0.39, 0.29) is 5.69 Å². The Kier molecular flexibility index (Phi) is 4.49. The first-order valence-electron chi connectivity index (χ1n) is 9.62. The predicted octanol–water partition coefficient (Wildman–Crippen LogP) is 4.98. The molecule has 5 rings (SSSR count). The third kappa shape index (κ3) is 3.16. The number of nitrogens with one attached hydrogen (secondary N) is 2. The van der Waals surface area contributed by atoms with Crippen LogP contribution in [0.2, 0.25) is 0 Å². The molecular formula is C22H20FN5S. The molecule has 29 heavy (non-hydrogen) atoms. The van der Waals surface area contributed by atoms with Crippen LogP contribution in [0.25, 0.3) is 38.5 Å². The second-order valence-electron chi connectivity index (χ2n) is 7.19. The number of allylic oxidation sites excluding steroid dienone is 1. The SMILES string of the molecule is C/C=C/c1ncc(F)c(-c2ccc3c(ccc4sc5c(c43)NC[C@@H](C)NC5)n2)n1. The van der Waals surface area contributed by atoms with Gasteiger partial charge in [-0.3, -0.25) is 0 Å². The first-order chi connectivity index (χ1) is 14.1. The van der Waals surface area contributed by atoms with Crippen molar-refractivity contribution in [2.75, 3.05) is 11.9 Å². The van der Waals surface area contributed by atoms with Crippen molar-refractivity contribution in [3.05, 3.63) is 53.1 Å². The molecule has 146 valence electrons. The number of rotatable bonds is 2. The van der Waals surface area contributed by atoms with E-state index in [0.717, 1.165) is 24.0 Å². The molecule has 3 aromatic heterocycles. The third-order valence-corrected chi connectivity index (χ3v) is 6.27. The molecule has 1 aromatic carbocycles. The summed E-state index contributed by atoms with van der Waals surface area (Å²) in [6.07, 6.45) is 4.77. The maximum Gasteiger partial charge on any atom is 0.169 e. The highest BCUT2D eigenvalue weighted by molar-refractivity contribution is 7.20. The van der Waals surface area contributed by atoms with Crippen molar-refractivity contribution in [3.63, 3.8) is 0 Å². The number of hydrogen-bond donors (Lipinski definition) is 2. The number of anilines is 1. The fraction of sp³-hybridized carbons (Fsp3) is 0.227. The number of halogens is 1. The maximum atomic E-state index is 14.4. The molecule has 0 aliphatic carbocycles. The maximum absolute atomic E-state index is 14.4. The van der Waals surface area contributed by atoms with Crippen molar-refractivity contribution >= 4 is 44.1 Å². The second kappa shape index (κ2) is 7.17. The molecule has 2 N–H and O–H groups in total. The van der Waals surface area contributed by atoms with E-state index in [0.29, 0.717) is 17.6 Å². The van der Waals surface area contributed by atoms with Crippen LogP contribution in [0.15, 0.2) is 36.5 Å². The number of pyridine rings is 1. The summed E-state index contributed by atoms with van der Waals surface area (Å²) in [5, 5.41) is 9.39. The minimum absolute atomic E-state index is 0.218. The van der Waals surface area contributed by atoms with Crippen molar-refractivity contribution in [3.8, 4) is 11.4 Å². The summed E-state index contributed by atoms with van der Waals surface area (Å²) in [6, 6.07) is 8.37. The summed E-state index contributed by atoms with van der Waals surface area (Å²) in [4.78, 5) is 14.4. The lowest BCUT2D eigenvalue weighted by atomic mass is 10.1. The van der Waals surface area contributed by atoms with Crippen LogP contribution in [0.1, 0.15) is 24.5 Å². The molecule has 0 saturated carbocycles. The minimum atomic E-state index is -0.475. The molecule has 0 bridgehead atoms. The van der Waals surface area contributed by atoms with E-state index in [1.807, 2.05) is 31.2 Å². The fourth-order valence-corrected chi connectivity index (χ4v) is 4.82. The molecule has 0 fully saturated rings. The van der Waals surface area contributed by atoms with Crippen LogP contribution in [0, 0.1) is 5.82 Å². The summed E-state index contributed by atoms with van der Waals surface area (Å²) < 4.78 is 15.6. The lowest BCUT2D eigenvalue weighted by Gasteiger charge is -2.10. The topological polar surface area (TPSA) is 62.7 Å². The van der Waals surface area contributed by atoms with Gasteiger partial charge in [-0.1, -0.05) is 6.08 Å². The smallest absolute Gasteiger partial charge is 0.169 e. The Morgan fingerprint density at radius 1 is 1.21 bits per heavy atom. The van der Waals surface area contributed by atoms with Crippen LogP contribution >= 0.6 is 11.3 Å². The zero-order valence-corrected chi connectivity index (χ0v) is 17.0. The molecule has 0 saturated heterocycles. The number of fused-ring (bicyclic) bond motifs is 5. The Bertz CT molecular complexity index is 1260. The van der Waals surface area contributed by atoms with Crippen molar-refractivity contribution < 1.29 is 4.39 Å². The van der Waals surface area contributed by atoms with Gasteiger partial charge in [0.05, 0.1) is 23.1 Å². The second-order valence-corrected chi connectivity index (χ2v) is 8.33. The van der Waals surface area contributed by atoms with Gasteiger partial charge in [0.15, 0.2) is 11.6 Å². The van der Waals surface area contributed by atoms with Gasteiger partial charge in [0, 0.05) is 39.5 Å². The van der Waals surface area contributed by atoms with Gasteiger partial charge < -0.3 is 10.6 Å². The lowest BCUT2D eigenvalue weighted by molar-refractivity contribution is 0.584. The molecular weight excluding hydrogens is 385 g/mol. The van der Waals surface area contributed by atoms with E-state index < -0.39 is 5.82 Å². The highest BCUT2D eigenvalue weighted by Crippen LogP contribution is 2.41. The van der Waals surface area contributed by atoms with Crippen LogP contribution in [0.4, 0.5) is 10.1 Å². The van der Waals surface area contributed by atoms with Gasteiger partial charge in [0.2, 0.25) is 0 Å². The summed E-state index contributed by atoms with van der Waals surface area (Å²) in [5.74, 6) is -0.00691. The van der Waals surface area contributed by atoms with Crippen molar-refractivity contribution in [2.24, 2.45) is 0 Å². The van der Waals surface area contributed by atoms with Crippen molar-refractivity contribution in [1.29, 1.82) is 0 Å². The Morgan fingerprint density at radius 3 is 2.97 bits per heavy atom. The molecule has 1 aliphatic rings. The first kappa shape index (κ1) is 18.1. The van der Waals surface area contributed by atoms with E-state index in [1.165, 1.54) is 26.8 Å². The summed E-state index contributed by atoms with van der Waals surface area (Å²) >= 11 is 1.80. The first-order valence-corrected chi connectivity index (χ1v) is 10.4. The molecule has 1 aliphatic heterocycles. The Balaban J connectivity index is 1.67. The molecule has 0 unspecified atom stereocenters. The number of nitrogens with zero attached hydrogens (tertiary/aromatic N) is 3. The summed E-state index contributed by atoms with van der Waals surface area (Å²) in [7, 11) is 0. The van der Waals surface area contributed by atoms with Gasteiger partial charge in [-0.15, -0.1) is 11.3 Å². The Hall–Kier alpha value is -2.90. The monoisotopic (exact) mass is 405 g/mol. The van der Waals surface area contributed by atoms with Gasteiger partial charge in [-0.2, -0.15) is 0 Å². The largest absolute Gasteiger partial charge is 0.382 e. The highest BCUT2D eigenvalue weighted by Gasteiger charge is 2.19. The Morgan fingerprint density at radius 2 is 2.10 bits per heavy atom. The van der Waals surface area contributed by atoms with Crippen LogP contribution < -0.4 is 10.6 Å². The zero-order chi connectivity index (χ0) is 20.0. The number of benzene rings is 1. The van der Waals surface area contributed by atoms with Crippen molar-refractivity contribution in [2.45, 2.75) is 26.4 Å². The van der Waals surface area contributed by atoms with Gasteiger partial charge in [-0.05, 0) is 44.2 Å². The van der Waals surface area contributed by atoms with Gasteiger partial charge in [-0.25, -0.2) is 19.3 Å². The number of hydrogen-bond acceptors (Lipinski definition) is 6. The fourth-order valence-electron chi connectivity index (χ4n) is 3.68. The average Bonchev–Trinajstić information content (AvgIpc) is 2.99. The van der Waals surface area contributed by atoms with Crippen molar-refractivity contribution in [1.82, 2.24) is 20.3 Å².